The number of nitro groups is 1. The van der Waals surface area contributed by atoms with E-state index in [4.69, 9.17) is 0 Å². The lowest BCUT2D eigenvalue weighted by Gasteiger charge is -2.09. The Balaban J connectivity index is 2.00. The van der Waals surface area contributed by atoms with E-state index in [0.717, 1.165) is 11.1 Å². The average Bonchev–Trinajstić information content (AvgIpc) is 2.50. The van der Waals surface area contributed by atoms with Crippen molar-refractivity contribution >= 4 is 17.3 Å². The monoisotopic (exact) mass is 312 g/mol. The number of nitro benzene ring substituents is 1. The van der Waals surface area contributed by atoms with Gasteiger partial charge in [-0.3, -0.25) is 14.9 Å². The molecule has 0 unspecified atom stereocenters. The third-order valence-corrected chi connectivity index (χ3v) is 3.92. The average molecular weight is 312 g/mol. The molecule has 1 amide bonds. The molecule has 2 rings (SSSR count). The molecule has 2 aromatic rings. The SMILES string of the molecule is Cc1ccc(CCC(=O)Nc2cc([N+](=O)[O-])ccc2C)cc1C. The van der Waals surface area contributed by atoms with Gasteiger partial charge in [0.25, 0.3) is 5.69 Å². The Bertz CT molecular complexity index is 754. The number of amides is 1. The van der Waals surface area contributed by atoms with Gasteiger partial charge in [0.1, 0.15) is 0 Å². The van der Waals surface area contributed by atoms with Gasteiger partial charge in [0.2, 0.25) is 5.91 Å². The second kappa shape index (κ2) is 7.05. The Morgan fingerprint density at radius 3 is 2.39 bits per heavy atom. The largest absolute Gasteiger partial charge is 0.326 e. The Morgan fingerprint density at radius 1 is 1.04 bits per heavy atom. The van der Waals surface area contributed by atoms with Crippen molar-refractivity contribution in [3.63, 3.8) is 0 Å². The van der Waals surface area contributed by atoms with Crippen molar-refractivity contribution in [3.8, 4) is 0 Å². The van der Waals surface area contributed by atoms with Crippen LogP contribution in [0.4, 0.5) is 11.4 Å². The Morgan fingerprint density at radius 2 is 1.74 bits per heavy atom. The van der Waals surface area contributed by atoms with Crippen molar-refractivity contribution in [1.29, 1.82) is 0 Å². The summed E-state index contributed by atoms with van der Waals surface area (Å²) in [4.78, 5) is 22.4. The predicted molar refractivity (Wildman–Crippen MR) is 90.7 cm³/mol. The standard InChI is InChI=1S/C18H20N2O3/c1-12-4-6-15(10-14(12)3)7-9-18(21)19-17-11-16(20(22)23)8-5-13(17)2/h4-6,8,10-11H,7,9H2,1-3H3,(H,19,21). The number of hydrogen-bond acceptors (Lipinski definition) is 3. The molecule has 0 aliphatic heterocycles. The van der Waals surface area contributed by atoms with E-state index in [-0.39, 0.29) is 11.6 Å². The summed E-state index contributed by atoms with van der Waals surface area (Å²) in [5, 5.41) is 13.6. The summed E-state index contributed by atoms with van der Waals surface area (Å²) in [7, 11) is 0. The Labute approximate surface area is 135 Å². The fourth-order valence-electron chi connectivity index (χ4n) is 2.29. The zero-order chi connectivity index (χ0) is 17.0. The first-order chi connectivity index (χ1) is 10.9. The maximum atomic E-state index is 12.1. The minimum atomic E-state index is -0.468. The van der Waals surface area contributed by atoms with Crippen LogP contribution in [0.2, 0.25) is 0 Å². The Hall–Kier alpha value is -2.69. The van der Waals surface area contributed by atoms with Gasteiger partial charge in [-0.1, -0.05) is 24.3 Å². The lowest BCUT2D eigenvalue weighted by molar-refractivity contribution is -0.384. The van der Waals surface area contributed by atoms with E-state index >= 15 is 0 Å². The van der Waals surface area contributed by atoms with Crippen molar-refractivity contribution < 1.29 is 9.72 Å². The molecule has 5 nitrogen and oxygen atoms in total. The second-order valence-electron chi connectivity index (χ2n) is 5.72. The van der Waals surface area contributed by atoms with Gasteiger partial charge in [0, 0.05) is 18.6 Å². The topological polar surface area (TPSA) is 72.2 Å². The number of carbonyl (C=O) groups excluding carboxylic acids is 1. The highest BCUT2D eigenvalue weighted by Gasteiger charge is 2.11. The quantitative estimate of drug-likeness (QED) is 0.667. The first-order valence-corrected chi connectivity index (χ1v) is 7.48. The van der Waals surface area contributed by atoms with Crippen molar-refractivity contribution in [2.45, 2.75) is 33.6 Å². The van der Waals surface area contributed by atoms with E-state index in [9.17, 15) is 14.9 Å². The highest BCUT2D eigenvalue weighted by atomic mass is 16.6. The summed E-state index contributed by atoms with van der Waals surface area (Å²) in [6.45, 7) is 5.91. The zero-order valence-corrected chi connectivity index (χ0v) is 13.6. The maximum absolute atomic E-state index is 12.1. The summed E-state index contributed by atoms with van der Waals surface area (Å²) >= 11 is 0. The van der Waals surface area contributed by atoms with Crippen LogP contribution in [0, 0.1) is 30.9 Å². The summed E-state index contributed by atoms with van der Waals surface area (Å²) in [6, 6.07) is 10.6. The minimum Gasteiger partial charge on any atom is -0.326 e. The molecule has 0 aromatic heterocycles. The molecule has 1 N–H and O–H groups in total. The molecule has 2 aromatic carbocycles. The number of anilines is 1. The normalized spacial score (nSPS) is 10.4. The molecule has 0 radical (unpaired) electrons. The van der Waals surface area contributed by atoms with Crippen molar-refractivity contribution in [1.82, 2.24) is 0 Å². The van der Waals surface area contributed by atoms with Gasteiger partial charge in [-0.25, -0.2) is 0 Å². The van der Waals surface area contributed by atoms with Gasteiger partial charge < -0.3 is 5.32 Å². The number of rotatable bonds is 5. The van der Waals surface area contributed by atoms with Crippen LogP contribution in [0.15, 0.2) is 36.4 Å². The number of non-ortho nitro benzene ring substituents is 1. The highest BCUT2D eigenvalue weighted by molar-refractivity contribution is 5.92. The molecule has 0 heterocycles. The van der Waals surface area contributed by atoms with Crippen molar-refractivity contribution in [3.05, 3.63) is 68.8 Å². The second-order valence-corrected chi connectivity index (χ2v) is 5.72. The molecule has 0 spiro atoms. The van der Waals surface area contributed by atoms with Crippen LogP contribution in [0.1, 0.15) is 28.7 Å². The number of carbonyl (C=O) groups is 1. The van der Waals surface area contributed by atoms with Crippen LogP contribution in [-0.4, -0.2) is 10.8 Å². The molecule has 0 saturated heterocycles. The molecule has 120 valence electrons. The van der Waals surface area contributed by atoms with Gasteiger partial charge in [0.05, 0.1) is 10.6 Å². The zero-order valence-electron chi connectivity index (χ0n) is 13.6. The molecule has 0 fully saturated rings. The molecule has 0 bridgehead atoms. The van der Waals surface area contributed by atoms with Crippen molar-refractivity contribution in [2.24, 2.45) is 0 Å². The summed E-state index contributed by atoms with van der Waals surface area (Å²) in [5.41, 5.74) is 4.81. The molecule has 0 aliphatic rings. The number of aryl methyl sites for hydroxylation is 4. The van der Waals surface area contributed by atoms with E-state index in [1.807, 2.05) is 26.0 Å². The van der Waals surface area contributed by atoms with Crippen LogP contribution in [0.5, 0.6) is 0 Å². The predicted octanol–water partition coefficient (Wildman–Crippen LogP) is 4.09. The molecule has 0 aliphatic carbocycles. The van der Waals surface area contributed by atoms with Gasteiger partial charge in [-0.2, -0.15) is 0 Å². The highest BCUT2D eigenvalue weighted by Crippen LogP contribution is 2.22. The van der Waals surface area contributed by atoms with Crippen LogP contribution in [0.3, 0.4) is 0 Å². The molecular weight excluding hydrogens is 292 g/mol. The first kappa shape index (κ1) is 16.7. The van der Waals surface area contributed by atoms with E-state index in [1.165, 1.54) is 23.3 Å². The van der Waals surface area contributed by atoms with E-state index in [0.29, 0.717) is 18.5 Å². The van der Waals surface area contributed by atoms with E-state index in [1.54, 1.807) is 6.07 Å². The fourth-order valence-corrected chi connectivity index (χ4v) is 2.29. The number of hydrogen-bond donors (Lipinski definition) is 1. The summed E-state index contributed by atoms with van der Waals surface area (Å²) < 4.78 is 0. The molecule has 5 heteroatoms. The van der Waals surface area contributed by atoms with Gasteiger partial charge in [-0.05, 0) is 49.4 Å². The number of nitrogens with zero attached hydrogens (tertiary/aromatic N) is 1. The smallest absolute Gasteiger partial charge is 0.271 e. The summed E-state index contributed by atoms with van der Waals surface area (Å²) in [6.07, 6.45) is 0.978. The van der Waals surface area contributed by atoms with Crippen molar-refractivity contribution in [2.75, 3.05) is 5.32 Å². The lowest BCUT2D eigenvalue weighted by Crippen LogP contribution is -2.13. The van der Waals surface area contributed by atoms with Crippen LogP contribution < -0.4 is 5.32 Å². The third kappa shape index (κ3) is 4.39. The molecular formula is C18H20N2O3. The lowest BCUT2D eigenvalue weighted by atomic mass is 10.0. The molecule has 23 heavy (non-hydrogen) atoms. The number of nitrogens with one attached hydrogen (secondary N) is 1. The maximum Gasteiger partial charge on any atom is 0.271 e. The van der Waals surface area contributed by atoms with Gasteiger partial charge in [-0.15, -0.1) is 0 Å². The summed E-state index contributed by atoms with van der Waals surface area (Å²) in [5.74, 6) is -0.146. The molecule has 0 saturated carbocycles. The van der Waals surface area contributed by atoms with Crippen LogP contribution in [-0.2, 0) is 11.2 Å². The van der Waals surface area contributed by atoms with Crippen LogP contribution >= 0.6 is 0 Å². The van der Waals surface area contributed by atoms with Gasteiger partial charge >= 0.3 is 0 Å². The van der Waals surface area contributed by atoms with Gasteiger partial charge in [0.15, 0.2) is 0 Å². The van der Waals surface area contributed by atoms with Crippen LogP contribution in [0.25, 0.3) is 0 Å². The first-order valence-electron chi connectivity index (χ1n) is 7.48. The fraction of sp³-hybridized carbons (Fsp3) is 0.278. The minimum absolute atomic E-state index is 0.0277. The van der Waals surface area contributed by atoms with E-state index < -0.39 is 4.92 Å². The molecule has 0 atom stereocenters. The van der Waals surface area contributed by atoms with E-state index in [2.05, 4.69) is 18.3 Å². The third-order valence-electron chi connectivity index (χ3n) is 3.92. The number of benzene rings is 2. The Kier molecular flexibility index (Phi) is 5.11.